The summed E-state index contributed by atoms with van der Waals surface area (Å²) in [5.74, 6) is -0.629. The molecule has 2 amide bonds. The Hall–Kier alpha value is -2.19. The van der Waals surface area contributed by atoms with E-state index in [1.54, 1.807) is 11.0 Å². The molecule has 1 aliphatic carbocycles. The summed E-state index contributed by atoms with van der Waals surface area (Å²) in [7, 11) is -3.78. The molecule has 0 aromatic heterocycles. The molecule has 6 nitrogen and oxygen atoms in total. The second-order valence-corrected chi connectivity index (χ2v) is 11.7. The molecule has 2 aromatic rings. The zero-order chi connectivity index (χ0) is 23.8. The molecule has 4 rings (SSSR count). The van der Waals surface area contributed by atoms with E-state index in [1.165, 1.54) is 0 Å². The number of rotatable bonds is 8. The first kappa shape index (κ1) is 24.0. The third kappa shape index (κ3) is 5.01. The SMILES string of the molecule is CCc1cccc(CC)c1NC(=O)CCS(=O)(=O)c1cc(Br)cc2c1N(C(=O)C1CC1)CC2. The lowest BCUT2D eigenvalue weighted by atomic mass is 10.0. The smallest absolute Gasteiger partial charge is 0.230 e. The molecule has 0 spiro atoms. The summed E-state index contributed by atoms with van der Waals surface area (Å²) in [6.45, 7) is 4.55. The fourth-order valence-electron chi connectivity index (χ4n) is 4.42. The number of para-hydroxylation sites is 1. The Kier molecular flexibility index (Phi) is 6.96. The van der Waals surface area contributed by atoms with E-state index >= 15 is 0 Å². The minimum atomic E-state index is -3.78. The van der Waals surface area contributed by atoms with Crippen LogP contribution in [0.2, 0.25) is 0 Å². The van der Waals surface area contributed by atoms with E-state index in [1.807, 2.05) is 38.1 Å². The lowest BCUT2D eigenvalue weighted by molar-refractivity contribution is -0.119. The Morgan fingerprint density at radius 1 is 1.12 bits per heavy atom. The highest BCUT2D eigenvalue weighted by atomic mass is 79.9. The summed E-state index contributed by atoms with van der Waals surface area (Å²) in [5.41, 5.74) is 4.20. The third-order valence-electron chi connectivity index (χ3n) is 6.38. The molecule has 0 atom stereocenters. The van der Waals surface area contributed by atoms with E-state index in [0.29, 0.717) is 23.1 Å². The quantitative estimate of drug-likeness (QED) is 0.535. The van der Waals surface area contributed by atoms with Crippen molar-refractivity contribution in [3.05, 3.63) is 51.5 Å². The highest BCUT2D eigenvalue weighted by Crippen LogP contribution is 2.41. The summed E-state index contributed by atoms with van der Waals surface area (Å²) in [4.78, 5) is 27.3. The molecule has 0 radical (unpaired) electrons. The Bertz CT molecular complexity index is 1180. The van der Waals surface area contributed by atoms with Crippen molar-refractivity contribution in [1.29, 1.82) is 0 Å². The number of hydrogen-bond acceptors (Lipinski definition) is 4. The molecule has 1 aliphatic heterocycles. The van der Waals surface area contributed by atoms with Crippen molar-refractivity contribution in [1.82, 2.24) is 0 Å². The number of carbonyl (C=O) groups is 2. The van der Waals surface area contributed by atoms with Crippen LogP contribution in [-0.2, 0) is 38.7 Å². The highest BCUT2D eigenvalue weighted by molar-refractivity contribution is 9.10. The zero-order valence-electron chi connectivity index (χ0n) is 19.0. The van der Waals surface area contributed by atoms with E-state index in [4.69, 9.17) is 0 Å². The van der Waals surface area contributed by atoms with Gasteiger partial charge >= 0.3 is 0 Å². The number of fused-ring (bicyclic) bond motifs is 1. The Labute approximate surface area is 203 Å². The van der Waals surface area contributed by atoms with Crippen LogP contribution in [0.25, 0.3) is 0 Å². The maximum absolute atomic E-state index is 13.4. The Morgan fingerprint density at radius 2 is 1.79 bits per heavy atom. The van der Waals surface area contributed by atoms with Gasteiger partial charge in [-0.1, -0.05) is 48.0 Å². The highest BCUT2D eigenvalue weighted by Gasteiger charge is 2.39. The molecule has 2 aliphatic rings. The molecule has 0 unspecified atom stereocenters. The average Bonchev–Trinajstić information content (AvgIpc) is 3.56. The van der Waals surface area contributed by atoms with Crippen LogP contribution >= 0.6 is 15.9 Å². The van der Waals surface area contributed by atoms with Crippen molar-refractivity contribution < 1.29 is 18.0 Å². The normalized spacial score (nSPS) is 15.4. The lowest BCUT2D eigenvalue weighted by Crippen LogP contribution is -2.31. The molecule has 1 N–H and O–H groups in total. The van der Waals surface area contributed by atoms with Crippen molar-refractivity contribution in [2.75, 3.05) is 22.5 Å². The van der Waals surface area contributed by atoms with Crippen LogP contribution in [0, 0.1) is 5.92 Å². The molecule has 0 saturated heterocycles. The standard InChI is InChI=1S/C25H29BrN2O4S/c1-3-16-6-5-7-17(4-2)23(16)27-22(29)11-13-33(31,32)21-15-20(26)14-19-10-12-28(24(19)21)25(30)18-8-9-18/h5-7,14-15,18H,3-4,8-13H2,1-2H3,(H,27,29). The van der Waals surface area contributed by atoms with Crippen molar-refractivity contribution in [3.63, 3.8) is 0 Å². The summed E-state index contributed by atoms with van der Waals surface area (Å²) in [6.07, 6.45) is 3.75. The first-order chi connectivity index (χ1) is 15.7. The molecule has 1 fully saturated rings. The van der Waals surface area contributed by atoms with Gasteiger partial charge in [0.25, 0.3) is 0 Å². The van der Waals surface area contributed by atoms with Gasteiger partial charge in [0, 0.05) is 29.0 Å². The van der Waals surface area contributed by atoms with Crippen molar-refractivity contribution in [2.24, 2.45) is 5.92 Å². The molecular formula is C25H29BrN2O4S. The van der Waals surface area contributed by atoms with Crippen LogP contribution in [0.15, 0.2) is 39.7 Å². The summed E-state index contributed by atoms with van der Waals surface area (Å²) >= 11 is 3.42. The van der Waals surface area contributed by atoms with Gasteiger partial charge in [-0.05, 0) is 60.9 Å². The Morgan fingerprint density at radius 3 is 2.39 bits per heavy atom. The predicted octanol–water partition coefficient (Wildman–Crippen LogP) is 4.68. The van der Waals surface area contributed by atoms with Crippen LogP contribution in [0.4, 0.5) is 11.4 Å². The molecule has 176 valence electrons. The number of anilines is 2. The molecule has 0 bridgehead atoms. The minimum absolute atomic E-state index is 0.00678. The van der Waals surface area contributed by atoms with Gasteiger partial charge in [-0.2, -0.15) is 0 Å². The van der Waals surface area contributed by atoms with Gasteiger partial charge < -0.3 is 10.2 Å². The van der Waals surface area contributed by atoms with Crippen molar-refractivity contribution >= 4 is 49.0 Å². The fourth-order valence-corrected chi connectivity index (χ4v) is 6.59. The number of halogens is 1. The summed E-state index contributed by atoms with van der Waals surface area (Å²) in [6, 6.07) is 9.37. The van der Waals surface area contributed by atoms with Gasteiger partial charge in [0.2, 0.25) is 11.8 Å². The number of amides is 2. The van der Waals surface area contributed by atoms with Gasteiger partial charge in [-0.25, -0.2) is 8.42 Å². The number of carbonyl (C=O) groups excluding carboxylic acids is 2. The van der Waals surface area contributed by atoms with E-state index < -0.39 is 9.84 Å². The van der Waals surface area contributed by atoms with Crippen LogP contribution in [0.5, 0.6) is 0 Å². The first-order valence-corrected chi connectivity index (χ1v) is 14.0. The van der Waals surface area contributed by atoms with Gasteiger partial charge in [-0.3, -0.25) is 9.59 Å². The van der Waals surface area contributed by atoms with Gasteiger partial charge in [-0.15, -0.1) is 0 Å². The number of sulfone groups is 1. The number of hydrogen-bond donors (Lipinski definition) is 1. The van der Waals surface area contributed by atoms with Crippen LogP contribution in [0.3, 0.4) is 0 Å². The lowest BCUT2D eigenvalue weighted by Gasteiger charge is -2.21. The van der Waals surface area contributed by atoms with Crippen LogP contribution in [0.1, 0.15) is 49.8 Å². The van der Waals surface area contributed by atoms with E-state index in [9.17, 15) is 18.0 Å². The van der Waals surface area contributed by atoms with Gasteiger partial charge in [0.1, 0.15) is 0 Å². The topological polar surface area (TPSA) is 83.6 Å². The first-order valence-electron chi connectivity index (χ1n) is 11.5. The summed E-state index contributed by atoms with van der Waals surface area (Å²) < 4.78 is 27.4. The average molecular weight is 533 g/mol. The zero-order valence-corrected chi connectivity index (χ0v) is 21.4. The van der Waals surface area contributed by atoms with Crippen LogP contribution < -0.4 is 10.2 Å². The van der Waals surface area contributed by atoms with Crippen molar-refractivity contribution in [2.45, 2.75) is 57.3 Å². The number of nitrogens with zero attached hydrogens (tertiary/aromatic N) is 1. The maximum Gasteiger partial charge on any atom is 0.230 e. The largest absolute Gasteiger partial charge is 0.326 e. The van der Waals surface area contributed by atoms with E-state index in [-0.39, 0.29) is 34.8 Å². The number of benzene rings is 2. The van der Waals surface area contributed by atoms with Gasteiger partial charge in [0.05, 0.1) is 16.3 Å². The van der Waals surface area contributed by atoms with Crippen molar-refractivity contribution in [3.8, 4) is 0 Å². The summed E-state index contributed by atoms with van der Waals surface area (Å²) in [5, 5.41) is 2.94. The minimum Gasteiger partial charge on any atom is -0.326 e. The maximum atomic E-state index is 13.4. The van der Waals surface area contributed by atoms with Crippen LogP contribution in [-0.4, -0.2) is 32.5 Å². The second-order valence-electron chi connectivity index (χ2n) is 8.70. The van der Waals surface area contributed by atoms with E-state index in [2.05, 4.69) is 21.2 Å². The fraction of sp³-hybridized carbons (Fsp3) is 0.440. The molecular weight excluding hydrogens is 504 g/mol. The second kappa shape index (κ2) is 9.58. The molecule has 1 saturated carbocycles. The number of nitrogens with one attached hydrogen (secondary N) is 1. The third-order valence-corrected chi connectivity index (χ3v) is 8.56. The molecule has 8 heteroatoms. The number of aryl methyl sites for hydroxylation is 2. The monoisotopic (exact) mass is 532 g/mol. The Balaban J connectivity index is 1.55. The molecule has 2 aromatic carbocycles. The molecule has 1 heterocycles. The van der Waals surface area contributed by atoms with Gasteiger partial charge in [0.15, 0.2) is 9.84 Å². The predicted molar refractivity (Wildman–Crippen MR) is 133 cm³/mol. The molecule has 33 heavy (non-hydrogen) atoms. The van der Waals surface area contributed by atoms with E-state index in [0.717, 1.165) is 48.1 Å².